The topological polar surface area (TPSA) is 54.5 Å². The summed E-state index contributed by atoms with van der Waals surface area (Å²) in [6.45, 7) is 3.26. The van der Waals surface area contributed by atoms with Gasteiger partial charge in [-0.15, -0.1) is 0 Å². The van der Waals surface area contributed by atoms with Crippen LogP contribution in [0.2, 0.25) is 0 Å². The minimum Gasteiger partial charge on any atom is -0.507 e. The van der Waals surface area contributed by atoms with E-state index in [2.05, 4.69) is 54.6 Å². The summed E-state index contributed by atoms with van der Waals surface area (Å²) >= 11 is 0. The monoisotopic (exact) mass is 466 g/mol. The molecule has 2 aliphatic heterocycles. The molecule has 2 unspecified atom stereocenters. The zero-order chi connectivity index (χ0) is 23.9. The third-order valence-electron chi connectivity index (χ3n) is 6.06. The normalized spacial score (nSPS) is 17.8. The molecule has 0 bridgehead atoms. The van der Waals surface area contributed by atoms with Crippen LogP contribution in [0, 0.1) is 0 Å². The summed E-state index contributed by atoms with van der Waals surface area (Å²) < 4.78 is 15.1. The van der Waals surface area contributed by atoms with Gasteiger partial charge < -0.3 is 19.3 Å². The van der Waals surface area contributed by atoms with E-state index in [4.69, 9.17) is 14.2 Å². The Labute approximate surface area is 206 Å². The van der Waals surface area contributed by atoms with Crippen LogP contribution in [0.3, 0.4) is 0 Å². The molecular formula is C31H30O4. The van der Waals surface area contributed by atoms with Crippen LogP contribution in [0.4, 0.5) is 0 Å². The fourth-order valence-corrected chi connectivity index (χ4v) is 4.00. The highest BCUT2D eigenvalue weighted by Gasteiger charge is 2.26. The highest BCUT2D eigenvalue weighted by molar-refractivity contribution is 5.71. The molecule has 6 rings (SSSR count). The van der Waals surface area contributed by atoms with Crippen LogP contribution in [0.15, 0.2) is 103 Å². The Morgan fingerprint density at radius 1 is 0.657 bits per heavy atom. The van der Waals surface area contributed by atoms with E-state index in [9.17, 15) is 5.11 Å². The molecule has 0 saturated carbocycles. The van der Waals surface area contributed by atoms with Crippen molar-refractivity contribution in [3.05, 3.63) is 114 Å². The smallest absolute Gasteiger partial charge is 0.123 e. The Bertz CT molecular complexity index is 1200. The second-order valence-electron chi connectivity index (χ2n) is 8.87. The van der Waals surface area contributed by atoms with Gasteiger partial charge in [-0.2, -0.15) is 0 Å². The lowest BCUT2D eigenvalue weighted by atomic mass is 9.94. The van der Waals surface area contributed by atoms with E-state index in [1.807, 2.05) is 48.5 Å². The maximum absolute atomic E-state index is 10.5. The molecule has 0 spiro atoms. The van der Waals surface area contributed by atoms with Gasteiger partial charge in [0.2, 0.25) is 0 Å². The van der Waals surface area contributed by atoms with Gasteiger partial charge in [0.05, 0.1) is 26.4 Å². The Balaban J connectivity index is 0.000000234. The number of rotatable bonds is 8. The molecule has 1 N–H and O–H groups in total. The minimum atomic E-state index is 0.325. The van der Waals surface area contributed by atoms with Crippen molar-refractivity contribution >= 4 is 0 Å². The summed E-state index contributed by atoms with van der Waals surface area (Å²) in [6.07, 6.45) is 1.57. The zero-order valence-electron chi connectivity index (χ0n) is 19.7. The second kappa shape index (κ2) is 11.3. The lowest BCUT2D eigenvalue weighted by Gasteiger charge is -2.12. The van der Waals surface area contributed by atoms with Crippen LogP contribution in [0.25, 0.3) is 22.3 Å². The number of aromatic hydroxyl groups is 1. The Kier molecular flexibility index (Phi) is 7.54. The van der Waals surface area contributed by atoms with E-state index < -0.39 is 0 Å². The summed E-state index contributed by atoms with van der Waals surface area (Å²) in [7, 11) is 0. The molecule has 0 radical (unpaired) electrons. The molecule has 4 aromatic rings. The molecule has 2 fully saturated rings. The lowest BCUT2D eigenvalue weighted by molar-refractivity contribution is 0.102. The molecule has 4 nitrogen and oxygen atoms in total. The highest BCUT2D eigenvalue weighted by Crippen LogP contribution is 2.32. The predicted molar refractivity (Wildman–Crippen MR) is 139 cm³/mol. The molecular weight excluding hydrogens is 436 g/mol. The quantitative estimate of drug-likeness (QED) is 0.318. The van der Waals surface area contributed by atoms with Gasteiger partial charge in [0, 0.05) is 5.56 Å². The fourth-order valence-electron chi connectivity index (χ4n) is 4.00. The number of hydrogen-bond donors (Lipinski definition) is 1. The summed E-state index contributed by atoms with van der Waals surface area (Å²) in [6, 6.07) is 34.8. The van der Waals surface area contributed by atoms with Crippen molar-refractivity contribution in [3.63, 3.8) is 0 Å². The molecule has 4 aromatic carbocycles. The minimum absolute atomic E-state index is 0.325. The van der Waals surface area contributed by atoms with Gasteiger partial charge in [-0.25, -0.2) is 0 Å². The average molecular weight is 467 g/mol. The van der Waals surface area contributed by atoms with Crippen molar-refractivity contribution in [2.75, 3.05) is 26.4 Å². The van der Waals surface area contributed by atoms with E-state index in [-0.39, 0.29) is 0 Å². The van der Waals surface area contributed by atoms with E-state index in [1.165, 1.54) is 16.7 Å². The Hall–Kier alpha value is -3.44. The van der Waals surface area contributed by atoms with Crippen LogP contribution in [-0.4, -0.2) is 43.7 Å². The van der Waals surface area contributed by atoms with Gasteiger partial charge in [-0.1, -0.05) is 97.1 Å². The molecule has 4 heteroatoms. The first-order valence-electron chi connectivity index (χ1n) is 12.1. The summed E-state index contributed by atoms with van der Waals surface area (Å²) in [4.78, 5) is 0. The summed E-state index contributed by atoms with van der Waals surface area (Å²) in [5, 5.41) is 10.5. The third kappa shape index (κ3) is 6.80. The first kappa shape index (κ1) is 23.3. The molecule has 178 valence electrons. The second-order valence-corrected chi connectivity index (χ2v) is 8.87. The maximum Gasteiger partial charge on any atom is 0.123 e. The van der Waals surface area contributed by atoms with Gasteiger partial charge in [0.1, 0.15) is 18.0 Å². The van der Waals surface area contributed by atoms with E-state index >= 15 is 0 Å². The van der Waals surface area contributed by atoms with Crippen LogP contribution in [0.5, 0.6) is 5.75 Å². The van der Waals surface area contributed by atoms with Crippen molar-refractivity contribution in [1.29, 1.82) is 0 Å². The summed E-state index contributed by atoms with van der Waals surface area (Å²) in [5.74, 6) is 0.325. The van der Waals surface area contributed by atoms with E-state index in [0.717, 1.165) is 49.5 Å². The number of ether oxygens (including phenoxy) is 3. The van der Waals surface area contributed by atoms with Gasteiger partial charge in [-0.05, 0) is 40.3 Å². The SMILES string of the molecule is C(OCC1CO1)C1CO1.Oc1cc(Cc2ccccc2-c2ccccc2)ccc1-c1ccccc1. The lowest BCUT2D eigenvalue weighted by Crippen LogP contribution is -2.06. The number of benzene rings is 4. The predicted octanol–water partition coefficient (Wildman–Crippen LogP) is 6.12. The average Bonchev–Trinajstić information content (AvgIpc) is 3.83. The van der Waals surface area contributed by atoms with Crippen LogP contribution < -0.4 is 0 Å². The van der Waals surface area contributed by atoms with Crippen LogP contribution in [0.1, 0.15) is 11.1 Å². The molecule has 0 aromatic heterocycles. The van der Waals surface area contributed by atoms with Crippen molar-refractivity contribution in [3.8, 4) is 28.0 Å². The first-order chi connectivity index (χ1) is 17.3. The summed E-state index contributed by atoms with van der Waals surface area (Å²) in [5.41, 5.74) is 6.70. The third-order valence-corrected chi connectivity index (χ3v) is 6.06. The largest absolute Gasteiger partial charge is 0.507 e. The van der Waals surface area contributed by atoms with Crippen LogP contribution >= 0.6 is 0 Å². The van der Waals surface area contributed by atoms with E-state index in [1.54, 1.807) is 0 Å². The Morgan fingerprint density at radius 2 is 1.20 bits per heavy atom. The van der Waals surface area contributed by atoms with Gasteiger partial charge in [-0.3, -0.25) is 0 Å². The van der Waals surface area contributed by atoms with Crippen LogP contribution in [-0.2, 0) is 20.6 Å². The standard InChI is InChI=1S/C25H20O.C6H10O3/c26-25-18-19(15-16-24(25)21-11-5-2-6-12-21)17-22-13-7-8-14-23(22)20-9-3-1-4-10-20;1(5-3-8-5)7-2-6-4-9-6/h1-16,18,26H,17H2;5-6H,1-4H2. The molecule has 0 amide bonds. The van der Waals surface area contributed by atoms with Gasteiger partial charge in [0.15, 0.2) is 0 Å². The van der Waals surface area contributed by atoms with Crippen molar-refractivity contribution in [1.82, 2.24) is 0 Å². The van der Waals surface area contributed by atoms with Crippen molar-refractivity contribution < 1.29 is 19.3 Å². The maximum atomic E-state index is 10.5. The fraction of sp³-hybridized carbons (Fsp3) is 0.226. The number of phenolic OH excluding ortho intramolecular Hbond substituents is 1. The highest BCUT2D eigenvalue weighted by atomic mass is 16.6. The van der Waals surface area contributed by atoms with Crippen molar-refractivity contribution in [2.45, 2.75) is 18.6 Å². The molecule has 2 heterocycles. The molecule has 35 heavy (non-hydrogen) atoms. The molecule has 0 aliphatic carbocycles. The number of epoxide rings is 2. The molecule has 2 atom stereocenters. The van der Waals surface area contributed by atoms with E-state index in [0.29, 0.717) is 18.0 Å². The molecule has 2 aliphatic rings. The molecule has 2 saturated heterocycles. The number of phenols is 1. The first-order valence-corrected chi connectivity index (χ1v) is 12.1. The van der Waals surface area contributed by atoms with Gasteiger partial charge in [0.25, 0.3) is 0 Å². The van der Waals surface area contributed by atoms with Crippen molar-refractivity contribution in [2.24, 2.45) is 0 Å². The van der Waals surface area contributed by atoms with Gasteiger partial charge >= 0.3 is 0 Å². The zero-order valence-corrected chi connectivity index (χ0v) is 19.7. The Morgan fingerprint density at radius 3 is 1.77 bits per heavy atom. The number of hydrogen-bond acceptors (Lipinski definition) is 4.